The average Bonchev–Trinajstić information content (AvgIpc) is 2.16. The van der Waals surface area contributed by atoms with E-state index in [4.69, 9.17) is 5.73 Å². The molecule has 2 amide bonds. The van der Waals surface area contributed by atoms with Crippen molar-refractivity contribution in [1.82, 2.24) is 4.90 Å². The summed E-state index contributed by atoms with van der Waals surface area (Å²) in [4.78, 5) is 23.7. The highest BCUT2D eigenvalue weighted by Gasteiger charge is 2.28. The van der Waals surface area contributed by atoms with E-state index in [1.165, 1.54) is 11.0 Å². The number of carbonyl (C=O) groups excluding carboxylic acids is 2. The zero-order chi connectivity index (χ0) is 9.84. The molecule has 1 fully saturated rings. The lowest BCUT2D eigenvalue weighted by atomic mass is 9.99. The number of ketones is 1. The van der Waals surface area contributed by atoms with E-state index in [0.717, 1.165) is 12.8 Å². The maximum absolute atomic E-state index is 11.3. The second-order valence-electron chi connectivity index (χ2n) is 3.15. The van der Waals surface area contributed by atoms with Crippen LogP contribution in [0.3, 0.4) is 0 Å². The maximum atomic E-state index is 11.3. The number of nitrogens with zero attached hydrogens (tertiary/aromatic N) is 1. The van der Waals surface area contributed by atoms with Gasteiger partial charge in [-0.25, -0.2) is 4.79 Å². The molecule has 1 rings (SSSR count). The highest BCUT2D eigenvalue weighted by molar-refractivity contribution is 5.96. The molecular weight excluding hydrogens is 168 g/mol. The van der Waals surface area contributed by atoms with Gasteiger partial charge in [-0.05, 0) is 25.3 Å². The summed E-state index contributed by atoms with van der Waals surface area (Å²) in [5.41, 5.74) is 5.15. The summed E-state index contributed by atoms with van der Waals surface area (Å²) in [5, 5.41) is 0. The summed E-state index contributed by atoms with van der Waals surface area (Å²) < 4.78 is 0. The number of amides is 2. The first kappa shape index (κ1) is 9.77. The number of nitrogens with two attached hydrogens (primary N) is 1. The van der Waals surface area contributed by atoms with Gasteiger partial charge in [-0.15, -0.1) is 0 Å². The Morgan fingerprint density at radius 3 is 2.69 bits per heavy atom. The number of piperidine rings is 1. The maximum Gasteiger partial charge on any atom is 0.315 e. The predicted molar refractivity (Wildman–Crippen MR) is 49.1 cm³/mol. The minimum atomic E-state index is -0.514. The molecule has 72 valence electrons. The Morgan fingerprint density at radius 1 is 1.46 bits per heavy atom. The summed E-state index contributed by atoms with van der Waals surface area (Å²) in [6.45, 7) is 3.98. The van der Waals surface area contributed by atoms with Gasteiger partial charge < -0.3 is 10.6 Å². The Morgan fingerprint density at radius 2 is 2.15 bits per heavy atom. The zero-order valence-electron chi connectivity index (χ0n) is 7.53. The van der Waals surface area contributed by atoms with Crippen molar-refractivity contribution in [2.75, 3.05) is 6.54 Å². The fourth-order valence-electron chi connectivity index (χ4n) is 1.63. The molecule has 2 N–H and O–H groups in total. The molecule has 0 aromatic carbocycles. The summed E-state index contributed by atoms with van der Waals surface area (Å²) >= 11 is 0. The predicted octanol–water partition coefficient (Wildman–Crippen LogP) is 0.675. The Bertz CT molecular complexity index is 238. The fourth-order valence-corrected chi connectivity index (χ4v) is 1.63. The fraction of sp³-hybridized carbons (Fsp3) is 0.556. The van der Waals surface area contributed by atoms with Crippen molar-refractivity contribution in [2.45, 2.75) is 25.3 Å². The van der Waals surface area contributed by atoms with Crippen LogP contribution in [-0.2, 0) is 4.79 Å². The van der Waals surface area contributed by atoms with Gasteiger partial charge in [-0.2, -0.15) is 0 Å². The second kappa shape index (κ2) is 4.07. The number of likely N-dealkylation sites (tertiary alicyclic amines) is 1. The molecule has 4 heteroatoms. The largest absolute Gasteiger partial charge is 0.351 e. The number of hydrogen-bond donors (Lipinski definition) is 1. The summed E-state index contributed by atoms with van der Waals surface area (Å²) in [5.74, 6) is -0.112. The van der Waals surface area contributed by atoms with Crippen LogP contribution in [0.15, 0.2) is 12.7 Å². The van der Waals surface area contributed by atoms with Gasteiger partial charge in [-0.1, -0.05) is 6.58 Å². The van der Waals surface area contributed by atoms with Crippen LogP contribution >= 0.6 is 0 Å². The standard InChI is InChI=1S/C9H14N2O2/c1-2-8(12)7-5-3-4-6-11(7)9(10)13/h2,7H,1,3-6H2,(H2,10,13). The molecule has 1 aliphatic rings. The Labute approximate surface area is 77.4 Å². The van der Waals surface area contributed by atoms with Crippen molar-refractivity contribution in [3.8, 4) is 0 Å². The van der Waals surface area contributed by atoms with E-state index in [1.54, 1.807) is 0 Å². The minimum absolute atomic E-state index is 0.112. The van der Waals surface area contributed by atoms with Gasteiger partial charge in [0.25, 0.3) is 0 Å². The third-order valence-corrected chi connectivity index (χ3v) is 2.32. The van der Waals surface area contributed by atoms with Gasteiger partial charge in [0.2, 0.25) is 0 Å². The molecule has 1 aliphatic heterocycles. The van der Waals surface area contributed by atoms with Crippen molar-refractivity contribution >= 4 is 11.8 Å². The summed E-state index contributed by atoms with van der Waals surface area (Å²) in [7, 11) is 0. The van der Waals surface area contributed by atoms with E-state index < -0.39 is 6.03 Å². The lowest BCUT2D eigenvalue weighted by Gasteiger charge is -2.32. The molecule has 0 aliphatic carbocycles. The monoisotopic (exact) mass is 182 g/mol. The number of urea groups is 1. The molecule has 0 saturated carbocycles. The first-order chi connectivity index (χ1) is 6.16. The number of hydrogen-bond acceptors (Lipinski definition) is 2. The number of carbonyl (C=O) groups is 2. The molecule has 0 spiro atoms. The van der Waals surface area contributed by atoms with E-state index in [2.05, 4.69) is 6.58 Å². The lowest BCUT2D eigenvalue weighted by Crippen LogP contribution is -2.49. The molecule has 1 unspecified atom stereocenters. The third kappa shape index (κ3) is 2.08. The summed E-state index contributed by atoms with van der Waals surface area (Å²) in [6.07, 6.45) is 3.84. The van der Waals surface area contributed by atoms with E-state index in [1.807, 2.05) is 0 Å². The van der Waals surface area contributed by atoms with Gasteiger partial charge in [0.1, 0.15) is 0 Å². The van der Waals surface area contributed by atoms with Gasteiger partial charge in [0.15, 0.2) is 5.78 Å². The molecule has 0 radical (unpaired) electrons. The average molecular weight is 182 g/mol. The first-order valence-electron chi connectivity index (χ1n) is 4.39. The van der Waals surface area contributed by atoms with E-state index in [0.29, 0.717) is 13.0 Å². The van der Waals surface area contributed by atoms with Crippen LogP contribution in [-0.4, -0.2) is 29.3 Å². The molecule has 1 saturated heterocycles. The topological polar surface area (TPSA) is 63.4 Å². The van der Waals surface area contributed by atoms with E-state index in [-0.39, 0.29) is 11.8 Å². The van der Waals surface area contributed by atoms with Crippen LogP contribution in [0, 0.1) is 0 Å². The molecule has 1 heterocycles. The number of rotatable bonds is 2. The van der Waals surface area contributed by atoms with Crippen LogP contribution < -0.4 is 5.73 Å². The van der Waals surface area contributed by atoms with Crippen LogP contribution in [0.2, 0.25) is 0 Å². The van der Waals surface area contributed by atoms with Crippen LogP contribution in [0.4, 0.5) is 4.79 Å². The first-order valence-corrected chi connectivity index (χ1v) is 4.39. The smallest absolute Gasteiger partial charge is 0.315 e. The van der Waals surface area contributed by atoms with Crippen LogP contribution in [0.25, 0.3) is 0 Å². The highest BCUT2D eigenvalue weighted by atomic mass is 16.2. The zero-order valence-corrected chi connectivity index (χ0v) is 7.53. The molecule has 1 atom stereocenters. The van der Waals surface area contributed by atoms with Gasteiger partial charge in [0, 0.05) is 6.54 Å². The second-order valence-corrected chi connectivity index (χ2v) is 3.15. The Balaban J connectivity index is 2.72. The van der Waals surface area contributed by atoms with Crippen molar-refractivity contribution in [2.24, 2.45) is 5.73 Å². The summed E-state index contributed by atoms with van der Waals surface area (Å²) in [6, 6.07) is -0.886. The van der Waals surface area contributed by atoms with Crippen molar-refractivity contribution < 1.29 is 9.59 Å². The molecule has 13 heavy (non-hydrogen) atoms. The van der Waals surface area contributed by atoms with Gasteiger partial charge >= 0.3 is 6.03 Å². The molecule has 0 aromatic heterocycles. The quantitative estimate of drug-likeness (QED) is 0.638. The highest BCUT2D eigenvalue weighted by Crippen LogP contribution is 2.17. The van der Waals surface area contributed by atoms with E-state index >= 15 is 0 Å². The van der Waals surface area contributed by atoms with Crippen LogP contribution in [0.5, 0.6) is 0 Å². The van der Waals surface area contributed by atoms with Crippen LogP contribution in [0.1, 0.15) is 19.3 Å². The molecule has 0 aromatic rings. The molecule has 0 bridgehead atoms. The third-order valence-electron chi connectivity index (χ3n) is 2.32. The van der Waals surface area contributed by atoms with Gasteiger partial charge in [0.05, 0.1) is 6.04 Å². The Hall–Kier alpha value is -1.32. The van der Waals surface area contributed by atoms with Crippen molar-refractivity contribution in [3.63, 3.8) is 0 Å². The Kier molecular flexibility index (Phi) is 3.06. The number of primary amides is 1. The van der Waals surface area contributed by atoms with Crippen molar-refractivity contribution in [1.29, 1.82) is 0 Å². The SMILES string of the molecule is C=CC(=O)C1CCCCN1C(N)=O. The van der Waals surface area contributed by atoms with Crippen molar-refractivity contribution in [3.05, 3.63) is 12.7 Å². The minimum Gasteiger partial charge on any atom is -0.351 e. The van der Waals surface area contributed by atoms with Gasteiger partial charge in [-0.3, -0.25) is 4.79 Å². The lowest BCUT2D eigenvalue weighted by molar-refractivity contribution is -0.119. The molecular formula is C9H14N2O2. The molecule has 4 nitrogen and oxygen atoms in total. The normalized spacial score (nSPS) is 22.5. The van der Waals surface area contributed by atoms with E-state index in [9.17, 15) is 9.59 Å².